The van der Waals surface area contributed by atoms with Crippen LogP contribution < -0.4 is 4.65 Å². The molecule has 30 heavy (non-hydrogen) atoms. The summed E-state index contributed by atoms with van der Waals surface area (Å²) in [6, 6.07) is 4.95. The van der Waals surface area contributed by atoms with Crippen LogP contribution >= 0.6 is 0 Å². The zero-order chi connectivity index (χ0) is 21.9. The van der Waals surface area contributed by atoms with Crippen LogP contribution in [0.4, 0.5) is 4.79 Å². The number of unbranched alkanes of at least 4 members (excludes halogenated alkanes) is 2. The number of esters is 1. The van der Waals surface area contributed by atoms with Crippen LogP contribution in [0.1, 0.15) is 68.3 Å². The molecule has 0 bridgehead atoms. The summed E-state index contributed by atoms with van der Waals surface area (Å²) in [6.45, 7) is 3.62. The summed E-state index contributed by atoms with van der Waals surface area (Å²) in [5.41, 5.74) is 0.827. The Kier molecular flexibility index (Phi) is 9.67. The lowest BCUT2D eigenvalue weighted by Crippen LogP contribution is -2.36. The van der Waals surface area contributed by atoms with E-state index in [1.54, 1.807) is 12.1 Å². The van der Waals surface area contributed by atoms with Crippen LogP contribution in [0.2, 0.25) is 5.82 Å². The lowest BCUT2D eigenvalue weighted by molar-refractivity contribution is -0.119. The smallest absolute Gasteiger partial charge is 0.526 e. The van der Waals surface area contributed by atoms with Crippen LogP contribution in [0.15, 0.2) is 18.2 Å². The average molecular weight is 420 g/mol. The van der Waals surface area contributed by atoms with Crippen molar-refractivity contribution in [3.63, 3.8) is 0 Å². The van der Waals surface area contributed by atoms with Crippen LogP contribution in [0.25, 0.3) is 0 Å². The molecule has 0 aromatic heterocycles. The molecule has 9 heteroatoms. The number of hydrogen-bond donors (Lipinski definition) is 1. The molecule has 0 spiro atoms. The number of ether oxygens (including phenoxy) is 3. The fraction of sp³-hybridized carbons (Fsp3) is 0.571. The Morgan fingerprint density at radius 1 is 1.13 bits per heavy atom. The Labute approximate surface area is 177 Å². The molecule has 1 aliphatic rings. The largest absolute Gasteiger partial charge is 0.535 e. The summed E-state index contributed by atoms with van der Waals surface area (Å²) in [4.78, 5) is 35.8. The van der Waals surface area contributed by atoms with Gasteiger partial charge in [-0.3, -0.25) is 4.79 Å². The molecule has 1 atom stereocenters. The summed E-state index contributed by atoms with van der Waals surface area (Å²) in [5.74, 6) is -0.809. The third-order valence-corrected chi connectivity index (χ3v) is 4.82. The van der Waals surface area contributed by atoms with Gasteiger partial charge in [0.1, 0.15) is 17.1 Å². The number of carbonyl (C=O) groups is 3. The normalized spacial score (nSPS) is 15.0. The van der Waals surface area contributed by atoms with E-state index >= 15 is 0 Å². The third-order valence-electron chi connectivity index (χ3n) is 4.82. The number of benzene rings is 1. The maximum atomic E-state index is 12.4. The molecule has 0 aliphatic carbocycles. The number of ketones is 1. The number of Topliss-reactive ketones (excluding diaryl/α,β-unsaturated/α-hetero) is 1. The van der Waals surface area contributed by atoms with Gasteiger partial charge in [-0.2, -0.15) is 0 Å². The van der Waals surface area contributed by atoms with Gasteiger partial charge in [0.05, 0.1) is 6.61 Å². The van der Waals surface area contributed by atoms with E-state index in [2.05, 4.69) is 0 Å². The molecule has 8 nitrogen and oxygen atoms in total. The second kappa shape index (κ2) is 12.2. The fourth-order valence-electron chi connectivity index (χ4n) is 3.14. The monoisotopic (exact) mass is 420 g/mol. The van der Waals surface area contributed by atoms with Crippen molar-refractivity contribution in [2.45, 2.75) is 64.6 Å². The van der Waals surface area contributed by atoms with Crippen LogP contribution in [0.3, 0.4) is 0 Å². The second-order valence-corrected chi connectivity index (χ2v) is 7.26. The summed E-state index contributed by atoms with van der Waals surface area (Å²) < 4.78 is 20.0. The molecule has 1 aliphatic heterocycles. The Morgan fingerprint density at radius 3 is 2.63 bits per heavy atom. The molecular formula is C21H29BO8. The van der Waals surface area contributed by atoms with Gasteiger partial charge in [-0.1, -0.05) is 38.8 Å². The van der Waals surface area contributed by atoms with Crippen molar-refractivity contribution in [3.05, 3.63) is 29.3 Å². The molecular weight excluding hydrogens is 391 g/mol. The third kappa shape index (κ3) is 7.05. The van der Waals surface area contributed by atoms with Gasteiger partial charge in [0.15, 0.2) is 0 Å². The maximum absolute atomic E-state index is 12.4. The first-order valence-electron chi connectivity index (χ1n) is 10.4. The van der Waals surface area contributed by atoms with Crippen molar-refractivity contribution >= 4 is 25.0 Å². The molecule has 0 fully saturated rings. The first-order chi connectivity index (χ1) is 14.5. The summed E-state index contributed by atoms with van der Waals surface area (Å²) >= 11 is 0. The van der Waals surface area contributed by atoms with E-state index in [1.165, 1.54) is 6.07 Å². The summed E-state index contributed by atoms with van der Waals surface area (Å²) in [5, 5.41) is 10.3. The highest BCUT2D eigenvalue weighted by molar-refractivity contribution is 6.47. The number of fused-ring (bicyclic) bond motifs is 1. The maximum Gasteiger partial charge on any atom is 0.526 e. The van der Waals surface area contributed by atoms with Gasteiger partial charge in [0, 0.05) is 18.7 Å². The first-order valence-corrected chi connectivity index (χ1v) is 10.4. The van der Waals surface area contributed by atoms with Crippen LogP contribution in [-0.4, -0.2) is 43.5 Å². The lowest BCUT2D eigenvalue weighted by atomic mass is 9.64. The predicted molar refractivity (Wildman–Crippen MR) is 109 cm³/mol. The van der Waals surface area contributed by atoms with Crippen molar-refractivity contribution in [3.8, 4) is 5.75 Å². The molecule has 0 amide bonds. The Morgan fingerprint density at radius 2 is 1.90 bits per heavy atom. The van der Waals surface area contributed by atoms with Crippen LogP contribution in [-0.2, 0) is 25.4 Å². The topological polar surface area (TPSA) is 108 Å². The van der Waals surface area contributed by atoms with Gasteiger partial charge >= 0.3 is 19.2 Å². The minimum absolute atomic E-state index is 0.0893. The van der Waals surface area contributed by atoms with Gasteiger partial charge in [-0.25, -0.2) is 9.59 Å². The van der Waals surface area contributed by atoms with E-state index in [1.807, 2.05) is 13.8 Å². The van der Waals surface area contributed by atoms with Crippen molar-refractivity contribution in [1.29, 1.82) is 0 Å². The Hall–Kier alpha value is -2.55. The Balaban J connectivity index is 1.93. The molecule has 1 aromatic rings. The standard InChI is InChI=1S/C21H29BO8/c1-3-5-9-17(23)13-16-12-15-8-7-10-18(19(15)30-22(16)26)20(24)28-14-29-21(25)27-11-6-4-2/h7-8,10,16,26H,3-6,9,11-14H2,1-2H3/t16-/m1/s1. The SMILES string of the molecule is CCCCOC(=O)OCOC(=O)c1cccc2c1OB(O)[C@@H](CC(=O)CCCC)C2. The zero-order valence-electron chi connectivity index (χ0n) is 17.6. The van der Waals surface area contributed by atoms with Gasteiger partial charge < -0.3 is 23.9 Å². The number of rotatable bonds is 11. The van der Waals surface area contributed by atoms with Crippen molar-refractivity contribution < 1.29 is 38.3 Å². The highest BCUT2D eigenvalue weighted by Crippen LogP contribution is 2.36. The average Bonchev–Trinajstić information content (AvgIpc) is 2.72. The van der Waals surface area contributed by atoms with Gasteiger partial charge in [0.2, 0.25) is 6.79 Å². The van der Waals surface area contributed by atoms with Gasteiger partial charge in [0.25, 0.3) is 0 Å². The molecule has 0 saturated carbocycles. The lowest BCUT2D eigenvalue weighted by Gasteiger charge is -2.28. The molecule has 0 radical (unpaired) electrons. The number of para-hydroxylation sites is 1. The molecule has 2 rings (SSSR count). The van der Waals surface area contributed by atoms with E-state index < -0.39 is 26.0 Å². The van der Waals surface area contributed by atoms with Crippen molar-refractivity contribution in [2.75, 3.05) is 13.4 Å². The molecule has 1 aromatic carbocycles. The quantitative estimate of drug-likeness (QED) is 0.250. The summed E-state index contributed by atoms with van der Waals surface area (Å²) in [6.07, 6.45) is 3.57. The molecule has 0 unspecified atom stereocenters. The summed E-state index contributed by atoms with van der Waals surface area (Å²) in [7, 11) is -1.19. The van der Waals surface area contributed by atoms with E-state index in [9.17, 15) is 19.4 Å². The number of carbonyl (C=O) groups excluding carboxylic acids is 3. The second-order valence-electron chi connectivity index (χ2n) is 7.26. The highest BCUT2D eigenvalue weighted by atomic mass is 16.8. The molecule has 0 saturated heterocycles. The molecule has 1 N–H and O–H groups in total. The van der Waals surface area contributed by atoms with E-state index in [4.69, 9.17) is 18.9 Å². The minimum atomic E-state index is -1.19. The van der Waals surface area contributed by atoms with Gasteiger partial charge in [-0.15, -0.1) is 0 Å². The van der Waals surface area contributed by atoms with Crippen molar-refractivity contribution in [1.82, 2.24) is 0 Å². The minimum Gasteiger partial charge on any atom is -0.535 e. The predicted octanol–water partition coefficient (Wildman–Crippen LogP) is 3.69. The Bertz CT molecular complexity index is 736. The van der Waals surface area contributed by atoms with Gasteiger partial charge in [-0.05, 0) is 30.9 Å². The molecule has 164 valence electrons. The fourth-order valence-corrected chi connectivity index (χ4v) is 3.14. The molecule has 1 heterocycles. The van der Waals surface area contributed by atoms with Crippen LogP contribution in [0.5, 0.6) is 5.75 Å². The highest BCUT2D eigenvalue weighted by Gasteiger charge is 2.37. The van der Waals surface area contributed by atoms with E-state index in [-0.39, 0.29) is 35.9 Å². The van der Waals surface area contributed by atoms with Crippen LogP contribution in [0, 0.1) is 0 Å². The first kappa shape index (κ1) is 23.7. The zero-order valence-corrected chi connectivity index (χ0v) is 17.6. The van der Waals surface area contributed by atoms with E-state index in [0.717, 1.165) is 25.7 Å². The number of hydrogen-bond acceptors (Lipinski definition) is 8. The van der Waals surface area contributed by atoms with E-state index in [0.29, 0.717) is 18.4 Å². The van der Waals surface area contributed by atoms with Crippen molar-refractivity contribution in [2.24, 2.45) is 0 Å².